The fraction of sp³-hybridized carbons (Fsp3) is 1.00. The summed E-state index contributed by atoms with van der Waals surface area (Å²) in [5, 5.41) is 14.1. The number of nitrogens with one attached hydrogen (secondary N) is 1. The lowest BCUT2D eigenvalue weighted by Crippen LogP contribution is -2.50. The van der Waals surface area contributed by atoms with E-state index in [-0.39, 0.29) is 0 Å². The van der Waals surface area contributed by atoms with E-state index in [1.54, 1.807) is 0 Å². The van der Waals surface area contributed by atoms with Gasteiger partial charge in [0, 0.05) is 18.6 Å². The Kier molecular flexibility index (Phi) is 4.45. The van der Waals surface area contributed by atoms with Crippen molar-refractivity contribution in [2.75, 3.05) is 20.1 Å². The Morgan fingerprint density at radius 1 is 1.29 bits per heavy atom. The number of hydrogen-bond acceptors (Lipinski definition) is 3. The number of likely N-dealkylation sites (tertiary alicyclic amines) is 1. The van der Waals surface area contributed by atoms with Crippen LogP contribution >= 0.6 is 0 Å². The first-order chi connectivity index (χ1) is 8.09. The minimum Gasteiger partial charge on any atom is -0.389 e. The van der Waals surface area contributed by atoms with Gasteiger partial charge in [-0.3, -0.25) is 0 Å². The van der Waals surface area contributed by atoms with E-state index in [1.165, 1.54) is 38.6 Å². The van der Waals surface area contributed by atoms with Crippen LogP contribution in [-0.4, -0.2) is 47.8 Å². The van der Waals surface area contributed by atoms with Crippen LogP contribution in [-0.2, 0) is 0 Å². The molecule has 0 aromatic rings. The van der Waals surface area contributed by atoms with Gasteiger partial charge in [0.15, 0.2) is 0 Å². The summed E-state index contributed by atoms with van der Waals surface area (Å²) in [5.41, 5.74) is -0.412. The second-order valence-electron chi connectivity index (χ2n) is 6.22. The molecule has 1 saturated heterocycles. The Labute approximate surface area is 106 Å². The summed E-state index contributed by atoms with van der Waals surface area (Å²) >= 11 is 0. The van der Waals surface area contributed by atoms with Gasteiger partial charge in [-0.2, -0.15) is 0 Å². The molecular weight excluding hydrogens is 212 g/mol. The first kappa shape index (κ1) is 13.3. The van der Waals surface area contributed by atoms with Crippen LogP contribution in [0, 0.1) is 0 Å². The monoisotopic (exact) mass is 240 g/mol. The smallest absolute Gasteiger partial charge is 0.0771 e. The fourth-order valence-electron chi connectivity index (χ4n) is 3.20. The Hall–Kier alpha value is -0.120. The van der Waals surface area contributed by atoms with Gasteiger partial charge in [0.1, 0.15) is 0 Å². The van der Waals surface area contributed by atoms with Crippen molar-refractivity contribution in [2.24, 2.45) is 0 Å². The van der Waals surface area contributed by atoms with E-state index < -0.39 is 5.60 Å². The molecule has 0 aromatic heterocycles. The zero-order valence-electron chi connectivity index (χ0n) is 11.4. The summed E-state index contributed by atoms with van der Waals surface area (Å²) in [6.45, 7) is 4.27. The van der Waals surface area contributed by atoms with E-state index in [0.717, 1.165) is 19.4 Å². The maximum absolute atomic E-state index is 10.4. The van der Waals surface area contributed by atoms with Crippen LogP contribution in [0.3, 0.4) is 0 Å². The van der Waals surface area contributed by atoms with Gasteiger partial charge < -0.3 is 15.3 Å². The highest BCUT2D eigenvalue weighted by Gasteiger charge is 2.30. The third kappa shape index (κ3) is 3.67. The van der Waals surface area contributed by atoms with Crippen molar-refractivity contribution in [3.63, 3.8) is 0 Å². The molecule has 2 aliphatic rings. The van der Waals surface area contributed by atoms with Gasteiger partial charge in [0.25, 0.3) is 0 Å². The second-order valence-corrected chi connectivity index (χ2v) is 6.22. The summed E-state index contributed by atoms with van der Waals surface area (Å²) in [6, 6.07) is 1.27. The van der Waals surface area contributed by atoms with Gasteiger partial charge in [0.05, 0.1) is 5.60 Å². The van der Waals surface area contributed by atoms with Crippen LogP contribution in [0.4, 0.5) is 0 Å². The van der Waals surface area contributed by atoms with Crippen LogP contribution in [0.2, 0.25) is 0 Å². The third-order valence-corrected chi connectivity index (χ3v) is 4.71. The highest BCUT2D eigenvalue weighted by molar-refractivity contribution is 4.88. The average Bonchev–Trinajstić information content (AvgIpc) is 2.32. The summed E-state index contributed by atoms with van der Waals surface area (Å²) in [4.78, 5) is 2.42. The number of rotatable bonds is 3. The fourth-order valence-corrected chi connectivity index (χ4v) is 3.20. The molecule has 1 aliphatic carbocycles. The molecule has 3 heteroatoms. The Morgan fingerprint density at radius 2 is 2.00 bits per heavy atom. The Bertz CT molecular complexity index is 238. The normalized spacial score (nSPS) is 34.8. The van der Waals surface area contributed by atoms with Gasteiger partial charge in [-0.15, -0.1) is 0 Å². The Balaban J connectivity index is 1.74. The zero-order valence-corrected chi connectivity index (χ0v) is 11.4. The number of nitrogens with zero attached hydrogens (tertiary/aromatic N) is 1. The molecule has 2 unspecified atom stereocenters. The lowest BCUT2D eigenvalue weighted by Gasteiger charge is -2.38. The van der Waals surface area contributed by atoms with E-state index in [2.05, 4.69) is 24.2 Å². The van der Waals surface area contributed by atoms with E-state index >= 15 is 0 Å². The maximum Gasteiger partial charge on any atom is 0.0771 e. The van der Waals surface area contributed by atoms with Gasteiger partial charge in [-0.05, 0) is 46.2 Å². The molecule has 2 N–H and O–H groups in total. The molecular formula is C14H28N2O. The molecule has 1 aliphatic heterocycles. The third-order valence-electron chi connectivity index (χ3n) is 4.71. The van der Waals surface area contributed by atoms with Crippen LogP contribution in [0.5, 0.6) is 0 Å². The number of piperidine rings is 1. The minimum atomic E-state index is -0.412. The van der Waals surface area contributed by atoms with Crippen molar-refractivity contribution >= 4 is 0 Å². The van der Waals surface area contributed by atoms with Crippen LogP contribution in [0.1, 0.15) is 51.9 Å². The first-order valence-corrected chi connectivity index (χ1v) is 7.25. The summed E-state index contributed by atoms with van der Waals surface area (Å²) in [6.07, 6.45) is 8.10. The van der Waals surface area contributed by atoms with Gasteiger partial charge >= 0.3 is 0 Å². The molecule has 17 heavy (non-hydrogen) atoms. The van der Waals surface area contributed by atoms with Crippen molar-refractivity contribution in [3.05, 3.63) is 0 Å². The molecule has 0 radical (unpaired) electrons. The minimum absolute atomic E-state index is 0.412. The quantitative estimate of drug-likeness (QED) is 0.789. The van der Waals surface area contributed by atoms with Crippen molar-refractivity contribution in [2.45, 2.75) is 69.6 Å². The standard InChI is InChI=1S/C14H28N2O/c1-12-10-13(6-9-16(12)2)15-11-14(17)7-4-3-5-8-14/h12-13,15,17H,3-11H2,1-2H3. The van der Waals surface area contributed by atoms with E-state index in [0.29, 0.717) is 12.1 Å². The predicted molar refractivity (Wildman–Crippen MR) is 71.2 cm³/mol. The van der Waals surface area contributed by atoms with Crippen LogP contribution in [0.25, 0.3) is 0 Å². The number of hydrogen-bond donors (Lipinski definition) is 2. The second kappa shape index (κ2) is 5.68. The van der Waals surface area contributed by atoms with Gasteiger partial charge in [0.2, 0.25) is 0 Å². The molecule has 0 aromatic carbocycles. The first-order valence-electron chi connectivity index (χ1n) is 7.25. The zero-order chi connectivity index (χ0) is 12.3. The lowest BCUT2D eigenvalue weighted by molar-refractivity contribution is -0.0000257. The van der Waals surface area contributed by atoms with Crippen molar-refractivity contribution in [1.29, 1.82) is 0 Å². The highest BCUT2D eigenvalue weighted by Crippen LogP contribution is 2.27. The lowest BCUT2D eigenvalue weighted by atomic mass is 9.84. The molecule has 0 bridgehead atoms. The molecule has 1 saturated carbocycles. The highest BCUT2D eigenvalue weighted by atomic mass is 16.3. The van der Waals surface area contributed by atoms with Crippen LogP contribution in [0.15, 0.2) is 0 Å². The predicted octanol–water partition coefficient (Wildman–Crippen LogP) is 1.75. The topological polar surface area (TPSA) is 35.5 Å². The maximum atomic E-state index is 10.4. The molecule has 2 atom stereocenters. The van der Waals surface area contributed by atoms with E-state index in [9.17, 15) is 5.11 Å². The van der Waals surface area contributed by atoms with Crippen molar-refractivity contribution < 1.29 is 5.11 Å². The summed E-state index contributed by atoms with van der Waals surface area (Å²) in [5.74, 6) is 0. The van der Waals surface area contributed by atoms with Gasteiger partial charge in [-0.1, -0.05) is 19.3 Å². The molecule has 2 rings (SSSR count). The SMILES string of the molecule is CC1CC(NCC2(O)CCCCC2)CCN1C. The molecule has 1 heterocycles. The molecule has 3 nitrogen and oxygen atoms in total. The van der Waals surface area contributed by atoms with Gasteiger partial charge in [-0.25, -0.2) is 0 Å². The summed E-state index contributed by atoms with van der Waals surface area (Å²) in [7, 11) is 2.20. The van der Waals surface area contributed by atoms with E-state index in [1.807, 2.05) is 0 Å². The number of aliphatic hydroxyl groups is 1. The molecule has 2 fully saturated rings. The Morgan fingerprint density at radius 3 is 2.65 bits per heavy atom. The molecule has 0 spiro atoms. The summed E-state index contributed by atoms with van der Waals surface area (Å²) < 4.78 is 0. The molecule has 100 valence electrons. The molecule has 0 amide bonds. The average molecular weight is 240 g/mol. The van der Waals surface area contributed by atoms with E-state index in [4.69, 9.17) is 0 Å². The van der Waals surface area contributed by atoms with Crippen LogP contribution < -0.4 is 5.32 Å². The largest absolute Gasteiger partial charge is 0.389 e. The van der Waals surface area contributed by atoms with Crippen molar-refractivity contribution in [1.82, 2.24) is 10.2 Å². The van der Waals surface area contributed by atoms with Crippen molar-refractivity contribution in [3.8, 4) is 0 Å².